The zero-order valence-electron chi connectivity index (χ0n) is 11.9. The van der Waals surface area contributed by atoms with Gasteiger partial charge in [0.05, 0.1) is 23.8 Å². The number of hydrogen-bond acceptors (Lipinski definition) is 5. The second-order valence-corrected chi connectivity index (χ2v) is 5.30. The summed E-state index contributed by atoms with van der Waals surface area (Å²) >= 11 is 0. The zero-order chi connectivity index (χ0) is 15.7. The Hall–Kier alpha value is -1.90. The number of ether oxygens (including phenoxy) is 1. The highest BCUT2D eigenvalue weighted by molar-refractivity contribution is 5.54. The second-order valence-electron chi connectivity index (χ2n) is 5.30. The predicted molar refractivity (Wildman–Crippen MR) is 69.1 cm³/mol. The Balaban J connectivity index is 1.81. The van der Waals surface area contributed by atoms with Crippen LogP contribution in [0.1, 0.15) is 30.3 Å². The molecule has 0 amide bonds. The molecule has 1 atom stereocenters. The summed E-state index contributed by atoms with van der Waals surface area (Å²) in [6.45, 7) is 1.70. The number of rotatable bonds is 3. The lowest BCUT2D eigenvalue weighted by Gasteiger charge is -2.18. The van der Waals surface area contributed by atoms with Crippen LogP contribution in [-0.2, 0) is 11.3 Å². The molecule has 1 fully saturated rings. The van der Waals surface area contributed by atoms with Crippen molar-refractivity contribution in [2.45, 2.75) is 38.4 Å². The van der Waals surface area contributed by atoms with Crippen LogP contribution in [0.4, 0.5) is 13.2 Å². The average molecular weight is 316 g/mol. The molecule has 9 heteroatoms. The van der Waals surface area contributed by atoms with E-state index >= 15 is 0 Å². The maximum Gasteiger partial charge on any atom is 0.408 e. The van der Waals surface area contributed by atoms with Gasteiger partial charge in [-0.15, -0.1) is 10.2 Å². The Bertz CT molecular complexity index is 644. The van der Waals surface area contributed by atoms with Crippen molar-refractivity contribution in [1.29, 1.82) is 0 Å². The number of aryl methyl sites for hydroxylation is 1. The monoisotopic (exact) mass is 316 g/mol. The smallest absolute Gasteiger partial charge is 0.408 e. The van der Waals surface area contributed by atoms with Gasteiger partial charge >= 0.3 is 6.18 Å². The van der Waals surface area contributed by atoms with E-state index in [1.807, 2.05) is 0 Å². The first-order valence-corrected chi connectivity index (χ1v) is 6.95. The van der Waals surface area contributed by atoms with E-state index in [1.54, 1.807) is 6.92 Å². The van der Waals surface area contributed by atoms with Crippen molar-refractivity contribution < 1.29 is 22.3 Å². The molecule has 22 heavy (non-hydrogen) atoms. The molecule has 0 N–H and O–H groups in total. The van der Waals surface area contributed by atoms with Gasteiger partial charge in [-0.2, -0.15) is 18.3 Å². The Morgan fingerprint density at radius 1 is 1.36 bits per heavy atom. The highest BCUT2D eigenvalue weighted by Gasteiger charge is 2.29. The average Bonchev–Trinajstić information content (AvgIpc) is 3.05. The molecule has 1 aliphatic rings. The molecule has 2 aromatic heterocycles. The number of halogens is 3. The Labute approximate surface area is 124 Å². The highest BCUT2D eigenvalue weighted by Crippen LogP contribution is 2.28. The minimum atomic E-state index is -4.32. The lowest BCUT2D eigenvalue weighted by molar-refractivity contribution is -0.142. The van der Waals surface area contributed by atoms with Gasteiger partial charge < -0.3 is 9.15 Å². The standard InChI is InChI=1S/C13H15F3N4O2/c1-8-10(5-20(19-8)7-13(14,15)16)12-18-17-11(22-12)9-3-2-4-21-6-9/h5,9H,2-4,6-7H2,1H3. The van der Waals surface area contributed by atoms with Gasteiger partial charge in [-0.05, 0) is 19.8 Å². The largest absolute Gasteiger partial charge is 0.420 e. The Kier molecular flexibility index (Phi) is 3.90. The zero-order valence-corrected chi connectivity index (χ0v) is 11.9. The van der Waals surface area contributed by atoms with Crippen LogP contribution < -0.4 is 0 Å². The molecule has 1 saturated heterocycles. The van der Waals surface area contributed by atoms with E-state index in [2.05, 4.69) is 15.3 Å². The first-order valence-electron chi connectivity index (χ1n) is 6.95. The molecule has 0 spiro atoms. The number of aromatic nitrogens is 4. The van der Waals surface area contributed by atoms with E-state index < -0.39 is 12.7 Å². The first kappa shape index (κ1) is 15.0. The van der Waals surface area contributed by atoms with Gasteiger partial charge in [0.2, 0.25) is 5.89 Å². The molecule has 120 valence electrons. The molecule has 3 heterocycles. The van der Waals surface area contributed by atoms with Crippen LogP contribution in [0.3, 0.4) is 0 Å². The van der Waals surface area contributed by atoms with Crippen molar-refractivity contribution in [3.63, 3.8) is 0 Å². The third-order valence-electron chi connectivity index (χ3n) is 3.47. The lowest BCUT2D eigenvalue weighted by Crippen LogP contribution is -2.17. The van der Waals surface area contributed by atoms with Gasteiger partial charge in [0, 0.05) is 12.8 Å². The molecule has 0 aliphatic carbocycles. The molecule has 0 radical (unpaired) electrons. The van der Waals surface area contributed by atoms with E-state index in [4.69, 9.17) is 9.15 Å². The van der Waals surface area contributed by atoms with Crippen molar-refractivity contribution in [1.82, 2.24) is 20.0 Å². The Morgan fingerprint density at radius 2 is 2.18 bits per heavy atom. The van der Waals surface area contributed by atoms with Crippen molar-refractivity contribution in [2.24, 2.45) is 0 Å². The fraction of sp³-hybridized carbons (Fsp3) is 0.615. The fourth-order valence-corrected chi connectivity index (χ4v) is 2.44. The van der Waals surface area contributed by atoms with Crippen molar-refractivity contribution in [2.75, 3.05) is 13.2 Å². The molecule has 6 nitrogen and oxygen atoms in total. The first-order chi connectivity index (χ1) is 10.4. The van der Waals surface area contributed by atoms with Crippen LogP contribution in [0.15, 0.2) is 10.6 Å². The number of hydrogen-bond donors (Lipinski definition) is 0. The molecule has 0 saturated carbocycles. The van der Waals surface area contributed by atoms with Crippen LogP contribution >= 0.6 is 0 Å². The van der Waals surface area contributed by atoms with Gasteiger partial charge in [0.1, 0.15) is 6.54 Å². The summed E-state index contributed by atoms with van der Waals surface area (Å²) in [4.78, 5) is 0. The normalized spacial score (nSPS) is 19.5. The van der Waals surface area contributed by atoms with E-state index in [-0.39, 0.29) is 11.8 Å². The molecule has 0 bridgehead atoms. The van der Waals surface area contributed by atoms with E-state index in [1.165, 1.54) is 6.20 Å². The second kappa shape index (κ2) is 5.71. The van der Waals surface area contributed by atoms with E-state index in [0.717, 1.165) is 24.1 Å². The SMILES string of the molecule is Cc1nn(CC(F)(F)F)cc1-c1nnc(C2CCCOC2)o1. The topological polar surface area (TPSA) is 66.0 Å². The van der Waals surface area contributed by atoms with Crippen LogP contribution in [0, 0.1) is 6.92 Å². The Morgan fingerprint density at radius 3 is 2.86 bits per heavy atom. The van der Waals surface area contributed by atoms with Gasteiger partial charge in [-0.1, -0.05) is 0 Å². The van der Waals surface area contributed by atoms with E-state index in [0.29, 0.717) is 23.8 Å². The molecule has 1 aliphatic heterocycles. The van der Waals surface area contributed by atoms with Gasteiger partial charge in [0.15, 0.2) is 0 Å². The maximum atomic E-state index is 12.4. The van der Waals surface area contributed by atoms with Crippen molar-refractivity contribution in [3.8, 4) is 11.5 Å². The number of alkyl halides is 3. The van der Waals surface area contributed by atoms with Crippen LogP contribution in [-0.4, -0.2) is 39.4 Å². The van der Waals surface area contributed by atoms with Crippen molar-refractivity contribution >= 4 is 0 Å². The third kappa shape index (κ3) is 3.29. The van der Waals surface area contributed by atoms with Crippen LogP contribution in [0.2, 0.25) is 0 Å². The summed E-state index contributed by atoms with van der Waals surface area (Å²) in [7, 11) is 0. The third-order valence-corrected chi connectivity index (χ3v) is 3.47. The quantitative estimate of drug-likeness (QED) is 0.871. The summed E-state index contributed by atoms with van der Waals surface area (Å²) in [5, 5.41) is 11.7. The van der Waals surface area contributed by atoms with Crippen molar-refractivity contribution in [3.05, 3.63) is 17.8 Å². The van der Waals surface area contributed by atoms with Gasteiger partial charge in [0.25, 0.3) is 5.89 Å². The molecule has 2 aromatic rings. The summed E-state index contributed by atoms with van der Waals surface area (Å²) < 4.78 is 49.0. The van der Waals surface area contributed by atoms with Gasteiger partial charge in [-0.25, -0.2) is 0 Å². The van der Waals surface area contributed by atoms with Gasteiger partial charge in [-0.3, -0.25) is 4.68 Å². The number of nitrogens with zero attached hydrogens (tertiary/aromatic N) is 4. The summed E-state index contributed by atoms with van der Waals surface area (Å²) in [5.74, 6) is 0.685. The molecular formula is C13H15F3N4O2. The van der Waals surface area contributed by atoms with E-state index in [9.17, 15) is 13.2 Å². The minimum Gasteiger partial charge on any atom is -0.420 e. The lowest BCUT2D eigenvalue weighted by atomic mass is 10.0. The molecule has 1 unspecified atom stereocenters. The predicted octanol–water partition coefficient (Wildman–Crippen LogP) is 2.70. The molecular weight excluding hydrogens is 301 g/mol. The maximum absolute atomic E-state index is 12.4. The molecule has 0 aromatic carbocycles. The van der Waals surface area contributed by atoms with Crippen LogP contribution in [0.5, 0.6) is 0 Å². The fourth-order valence-electron chi connectivity index (χ4n) is 2.44. The van der Waals surface area contributed by atoms with Crippen LogP contribution in [0.25, 0.3) is 11.5 Å². The summed E-state index contributed by atoms with van der Waals surface area (Å²) in [6, 6.07) is 0. The summed E-state index contributed by atoms with van der Waals surface area (Å²) in [6.07, 6.45) is -1.23. The molecule has 3 rings (SSSR count). The summed E-state index contributed by atoms with van der Waals surface area (Å²) in [5.41, 5.74) is 0.832. The minimum absolute atomic E-state index is 0.0422. The highest BCUT2D eigenvalue weighted by atomic mass is 19.4.